The smallest absolute Gasteiger partial charge is 0.306 e. The Bertz CT molecular complexity index is 104. The molecule has 0 heterocycles. The van der Waals surface area contributed by atoms with Crippen molar-refractivity contribution in [2.24, 2.45) is 5.92 Å². The van der Waals surface area contributed by atoms with Gasteiger partial charge >= 0.3 is 5.97 Å². The van der Waals surface area contributed by atoms with Crippen molar-refractivity contribution in [1.29, 1.82) is 0 Å². The fraction of sp³-hybridized carbons (Fsp3) is 0.857. The molecule has 1 N–H and O–H groups in total. The van der Waals surface area contributed by atoms with Gasteiger partial charge in [0.2, 0.25) is 0 Å². The number of aliphatic carboxylic acids is 1. The molecule has 2 radical (unpaired) electrons. The fourth-order valence-corrected chi connectivity index (χ4v) is 0.866. The third kappa shape index (κ3) is 3.54. The lowest BCUT2D eigenvalue weighted by Gasteiger charge is -2.06. The first-order chi connectivity index (χ1) is 4.72. The summed E-state index contributed by atoms with van der Waals surface area (Å²) in [5, 5.41) is 8.56. The van der Waals surface area contributed by atoms with Crippen molar-refractivity contribution in [3.8, 4) is 0 Å². The Labute approximate surface area is 63.0 Å². The molecule has 0 fully saturated rings. The fourth-order valence-electron chi connectivity index (χ4n) is 0.866. The van der Waals surface area contributed by atoms with Crippen LogP contribution in [-0.4, -0.2) is 18.9 Å². The Balaban J connectivity index is 3.50. The largest absolute Gasteiger partial charge is 0.481 e. The maximum Gasteiger partial charge on any atom is 0.306 e. The first kappa shape index (κ1) is 9.53. The highest BCUT2D eigenvalue weighted by Crippen LogP contribution is 2.11. The Kier molecular flexibility index (Phi) is 5.08. The molecule has 0 aromatic carbocycles. The number of hydrogen-bond donors (Lipinski definition) is 1. The lowest BCUT2D eigenvalue weighted by molar-refractivity contribution is -0.142. The summed E-state index contributed by atoms with van der Waals surface area (Å²) >= 11 is 0. The SMILES string of the molecule is [B]CCCC(CC)C(=O)O. The highest BCUT2D eigenvalue weighted by atomic mass is 16.4. The van der Waals surface area contributed by atoms with Crippen LogP contribution in [0.15, 0.2) is 0 Å². The minimum absolute atomic E-state index is 0.191. The number of carboxylic acid groups (broad SMARTS) is 1. The van der Waals surface area contributed by atoms with Gasteiger partial charge in [0, 0.05) is 0 Å². The summed E-state index contributed by atoms with van der Waals surface area (Å²) in [4.78, 5) is 10.4. The molecule has 0 spiro atoms. The van der Waals surface area contributed by atoms with Gasteiger partial charge in [-0.2, -0.15) is 0 Å². The molecule has 3 heteroatoms. The number of hydrogen-bond acceptors (Lipinski definition) is 1. The van der Waals surface area contributed by atoms with Gasteiger partial charge in [0.1, 0.15) is 0 Å². The first-order valence-corrected chi connectivity index (χ1v) is 3.65. The number of carbonyl (C=O) groups is 1. The molecule has 0 rings (SSSR count). The summed E-state index contributed by atoms with van der Waals surface area (Å²) in [6.07, 6.45) is 2.81. The molecule has 56 valence electrons. The minimum Gasteiger partial charge on any atom is -0.481 e. The zero-order valence-electron chi connectivity index (χ0n) is 6.34. The van der Waals surface area contributed by atoms with Crippen LogP contribution in [0.25, 0.3) is 0 Å². The van der Waals surface area contributed by atoms with Gasteiger partial charge in [-0.1, -0.05) is 19.7 Å². The summed E-state index contributed by atoms with van der Waals surface area (Å²) < 4.78 is 0. The van der Waals surface area contributed by atoms with Crippen LogP contribution >= 0.6 is 0 Å². The summed E-state index contributed by atoms with van der Waals surface area (Å²) in [6.45, 7) is 1.88. The third-order valence-corrected chi connectivity index (χ3v) is 1.60. The van der Waals surface area contributed by atoms with Gasteiger partial charge in [-0.05, 0) is 12.8 Å². The third-order valence-electron chi connectivity index (χ3n) is 1.60. The van der Waals surface area contributed by atoms with Crippen molar-refractivity contribution in [1.82, 2.24) is 0 Å². The lowest BCUT2D eigenvalue weighted by Crippen LogP contribution is -2.11. The van der Waals surface area contributed by atoms with Crippen LogP contribution in [-0.2, 0) is 4.79 Å². The van der Waals surface area contributed by atoms with Crippen LogP contribution in [0.5, 0.6) is 0 Å². The van der Waals surface area contributed by atoms with Crippen molar-refractivity contribution in [3.63, 3.8) is 0 Å². The van der Waals surface area contributed by atoms with Crippen LogP contribution in [0.3, 0.4) is 0 Å². The first-order valence-electron chi connectivity index (χ1n) is 3.65. The maximum absolute atomic E-state index is 10.4. The molecule has 2 nitrogen and oxygen atoms in total. The van der Waals surface area contributed by atoms with E-state index in [1.165, 1.54) is 0 Å². The van der Waals surface area contributed by atoms with E-state index in [4.69, 9.17) is 13.0 Å². The Hall–Kier alpha value is -0.465. The van der Waals surface area contributed by atoms with E-state index in [1.807, 2.05) is 6.92 Å². The van der Waals surface area contributed by atoms with Crippen molar-refractivity contribution in [2.75, 3.05) is 0 Å². The molecular formula is C7H13BO2. The molecule has 0 saturated heterocycles. The lowest BCUT2D eigenvalue weighted by atomic mass is 9.93. The molecule has 0 aromatic heterocycles. The second-order valence-electron chi connectivity index (χ2n) is 2.37. The number of rotatable bonds is 5. The second-order valence-corrected chi connectivity index (χ2v) is 2.37. The van der Waals surface area contributed by atoms with E-state index in [0.29, 0.717) is 19.2 Å². The van der Waals surface area contributed by atoms with E-state index in [1.54, 1.807) is 0 Å². The molecular weight excluding hydrogens is 127 g/mol. The van der Waals surface area contributed by atoms with E-state index in [2.05, 4.69) is 0 Å². The normalized spacial score (nSPS) is 12.9. The average molecular weight is 140 g/mol. The van der Waals surface area contributed by atoms with Gasteiger partial charge in [0.25, 0.3) is 0 Å². The van der Waals surface area contributed by atoms with Crippen LogP contribution in [0.2, 0.25) is 6.32 Å². The van der Waals surface area contributed by atoms with Gasteiger partial charge < -0.3 is 5.11 Å². The molecule has 10 heavy (non-hydrogen) atoms. The molecule has 0 aliphatic carbocycles. The molecule has 0 amide bonds. The Morgan fingerprint density at radius 1 is 1.70 bits per heavy atom. The zero-order valence-corrected chi connectivity index (χ0v) is 6.34. The topological polar surface area (TPSA) is 37.3 Å². The van der Waals surface area contributed by atoms with Gasteiger partial charge in [-0.25, -0.2) is 0 Å². The van der Waals surface area contributed by atoms with Gasteiger partial charge in [0.05, 0.1) is 13.8 Å². The molecule has 1 unspecified atom stereocenters. The van der Waals surface area contributed by atoms with Gasteiger partial charge in [-0.15, -0.1) is 0 Å². The second kappa shape index (κ2) is 5.33. The molecule has 0 saturated carbocycles. The minimum atomic E-state index is -0.698. The van der Waals surface area contributed by atoms with E-state index in [-0.39, 0.29) is 5.92 Å². The quantitative estimate of drug-likeness (QED) is 0.587. The summed E-state index contributed by atoms with van der Waals surface area (Å²) in [5.41, 5.74) is 0. The Morgan fingerprint density at radius 3 is 2.60 bits per heavy atom. The molecule has 0 aliphatic rings. The summed E-state index contributed by atoms with van der Waals surface area (Å²) in [5.74, 6) is -0.889. The van der Waals surface area contributed by atoms with Crippen LogP contribution in [0.1, 0.15) is 26.2 Å². The summed E-state index contributed by atoms with van der Waals surface area (Å²) in [7, 11) is 5.24. The monoisotopic (exact) mass is 140 g/mol. The molecule has 0 aliphatic heterocycles. The highest BCUT2D eigenvalue weighted by molar-refractivity contribution is 6.08. The predicted octanol–water partition coefficient (Wildman–Crippen LogP) is 1.46. The average Bonchev–Trinajstić information content (AvgIpc) is 1.89. The Morgan fingerprint density at radius 2 is 2.30 bits per heavy atom. The maximum atomic E-state index is 10.4. The van der Waals surface area contributed by atoms with E-state index in [9.17, 15) is 4.79 Å². The van der Waals surface area contributed by atoms with E-state index in [0.717, 1.165) is 6.42 Å². The zero-order chi connectivity index (χ0) is 7.98. The van der Waals surface area contributed by atoms with Crippen molar-refractivity contribution >= 4 is 13.8 Å². The van der Waals surface area contributed by atoms with Gasteiger partial charge in [-0.3, -0.25) is 4.79 Å². The van der Waals surface area contributed by atoms with Crippen molar-refractivity contribution in [2.45, 2.75) is 32.5 Å². The predicted molar refractivity (Wildman–Crippen MR) is 41.2 cm³/mol. The summed E-state index contributed by atoms with van der Waals surface area (Å²) in [6, 6.07) is 0. The van der Waals surface area contributed by atoms with Crippen LogP contribution < -0.4 is 0 Å². The van der Waals surface area contributed by atoms with Crippen molar-refractivity contribution < 1.29 is 9.90 Å². The number of carboxylic acids is 1. The molecule has 0 aromatic rings. The van der Waals surface area contributed by atoms with E-state index < -0.39 is 5.97 Å². The van der Waals surface area contributed by atoms with Crippen LogP contribution in [0.4, 0.5) is 0 Å². The van der Waals surface area contributed by atoms with E-state index >= 15 is 0 Å². The highest BCUT2D eigenvalue weighted by Gasteiger charge is 2.12. The standard InChI is InChI=1S/C7H13BO2/c1-2-6(7(9)10)4-3-5-8/h6H,2-5H2,1H3,(H,9,10). The van der Waals surface area contributed by atoms with Gasteiger partial charge in [0.15, 0.2) is 0 Å². The van der Waals surface area contributed by atoms with Crippen LogP contribution in [0, 0.1) is 5.92 Å². The molecule has 0 bridgehead atoms. The molecule has 1 atom stereocenters. The van der Waals surface area contributed by atoms with Crippen molar-refractivity contribution in [3.05, 3.63) is 0 Å².